The summed E-state index contributed by atoms with van der Waals surface area (Å²) in [5.41, 5.74) is 0.490. The molecule has 0 spiro atoms. The molecule has 6 nitrogen and oxygen atoms in total. The Morgan fingerprint density at radius 3 is 2.60 bits per heavy atom. The van der Waals surface area contributed by atoms with Gasteiger partial charge in [0.15, 0.2) is 6.04 Å². The number of ether oxygens (including phenoxy) is 2. The van der Waals surface area contributed by atoms with Gasteiger partial charge in [-0.15, -0.1) is 0 Å². The van der Waals surface area contributed by atoms with Crippen molar-refractivity contribution in [2.75, 3.05) is 13.7 Å². The van der Waals surface area contributed by atoms with Gasteiger partial charge >= 0.3 is 5.97 Å². The molecule has 0 radical (unpaired) electrons. The minimum absolute atomic E-state index is 0.384. The van der Waals surface area contributed by atoms with Crippen LogP contribution in [0.4, 0.5) is 0 Å². The molecule has 1 aromatic rings. The molecular formula is C14H17NO5. The van der Waals surface area contributed by atoms with Crippen molar-refractivity contribution in [3.8, 4) is 5.75 Å². The molecule has 0 aromatic heterocycles. The zero-order valence-electron chi connectivity index (χ0n) is 11.2. The van der Waals surface area contributed by atoms with Gasteiger partial charge in [-0.2, -0.15) is 0 Å². The van der Waals surface area contributed by atoms with Gasteiger partial charge in [0.2, 0.25) is 5.91 Å². The summed E-state index contributed by atoms with van der Waals surface area (Å²) >= 11 is 0. The van der Waals surface area contributed by atoms with Crippen LogP contribution in [0.2, 0.25) is 0 Å². The van der Waals surface area contributed by atoms with Gasteiger partial charge in [-0.25, -0.2) is 4.79 Å². The first-order valence-electron chi connectivity index (χ1n) is 6.40. The molecule has 1 aliphatic heterocycles. The number of carbonyl (C=O) groups excluding carboxylic acids is 1. The van der Waals surface area contributed by atoms with Crippen LogP contribution < -0.4 is 10.1 Å². The summed E-state index contributed by atoms with van der Waals surface area (Å²) in [6.45, 7) is 0.540. The molecule has 108 valence electrons. The van der Waals surface area contributed by atoms with E-state index in [1.807, 2.05) is 0 Å². The molecule has 0 bridgehead atoms. The Morgan fingerprint density at radius 1 is 1.40 bits per heavy atom. The fraction of sp³-hybridized carbons (Fsp3) is 0.429. The molecule has 2 unspecified atom stereocenters. The van der Waals surface area contributed by atoms with E-state index in [4.69, 9.17) is 9.47 Å². The lowest BCUT2D eigenvalue weighted by Crippen LogP contribution is -2.40. The average molecular weight is 279 g/mol. The van der Waals surface area contributed by atoms with Gasteiger partial charge in [-0.3, -0.25) is 4.79 Å². The normalized spacial score (nSPS) is 19.4. The number of carbonyl (C=O) groups is 2. The van der Waals surface area contributed by atoms with Crippen LogP contribution in [0.1, 0.15) is 24.4 Å². The molecule has 0 saturated carbocycles. The molecule has 20 heavy (non-hydrogen) atoms. The number of amides is 1. The first-order chi connectivity index (χ1) is 9.61. The number of rotatable bonds is 5. The number of carboxylic acids is 1. The maximum atomic E-state index is 11.9. The smallest absolute Gasteiger partial charge is 0.330 e. The second-order valence-corrected chi connectivity index (χ2v) is 4.55. The standard InChI is InChI=1S/C14H17NO5/c1-19-10-6-4-9(5-7-10)12(14(17)18)15-13(16)11-3-2-8-20-11/h4-7,11-12H,2-3,8H2,1H3,(H,15,16)(H,17,18). The second-order valence-electron chi connectivity index (χ2n) is 4.55. The van der Waals surface area contributed by atoms with E-state index in [1.54, 1.807) is 24.3 Å². The Hall–Kier alpha value is -2.08. The van der Waals surface area contributed by atoms with Crippen LogP contribution in [-0.2, 0) is 14.3 Å². The van der Waals surface area contributed by atoms with Gasteiger partial charge < -0.3 is 19.9 Å². The molecule has 2 rings (SSSR count). The molecule has 2 atom stereocenters. The Bertz CT molecular complexity index is 479. The van der Waals surface area contributed by atoms with Crippen molar-refractivity contribution in [3.63, 3.8) is 0 Å². The molecular weight excluding hydrogens is 262 g/mol. The van der Waals surface area contributed by atoms with Crippen LogP contribution in [0.25, 0.3) is 0 Å². The Kier molecular flexibility index (Phi) is 4.57. The molecule has 6 heteroatoms. The monoisotopic (exact) mass is 279 g/mol. The molecule has 1 fully saturated rings. The van der Waals surface area contributed by atoms with Gasteiger partial charge in [-0.05, 0) is 30.5 Å². The average Bonchev–Trinajstić information content (AvgIpc) is 2.98. The lowest BCUT2D eigenvalue weighted by Gasteiger charge is -2.17. The predicted octanol–water partition coefficient (Wildman–Crippen LogP) is 1.12. The highest BCUT2D eigenvalue weighted by Crippen LogP contribution is 2.19. The Labute approximate surface area is 116 Å². The van der Waals surface area contributed by atoms with E-state index < -0.39 is 18.1 Å². The van der Waals surface area contributed by atoms with Crippen LogP contribution in [0.15, 0.2) is 24.3 Å². The first kappa shape index (κ1) is 14.3. The largest absolute Gasteiger partial charge is 0.497 e. The Morgan fingerprint density at radius 2 is 2.10 bits per heavy atom. The highest BCUT2D eigenvalue weighted by molar-refractivity contribution is 5.87. The number of hydrogen-bond acceptors (Lipinski definition) is 4. The number of carboxylic acid groups (broad SMARTS) is 1. The van der Waals surface area contributed by atoms with E-state index in [2.05, 4.69) is 5.32 Å². The summed E-state index contributed by atoms with van der Waals surface area (Å²) in [6, 6.07) is 5.46. The molecule has 1 saturated heterocycles. The SMILES string of the molecule is COc1ccc(C(NC(=O)C2CCCO2)C(=O)O)cc1. The lowest BCUT2D eigenvalue weighted by atomic mass is 10.1. The minimum Gasteiger partial charge on any atom is -0.497 e. The quantitative estimate of drug-likeness (QED) is 0.843. The van der Waals surface area contributed by atoms with Gasteiger partial charge in [0.05, 0.1) is 7.11 Å². The van der Waals surface area contributed by atoms with Crippen LogP contribution in [-0.4, -0.2) is 36.8 Å². The van der Waals surface area contributed by atoms with Crippen molar-refractivity contribution in [1.82, 2.24) is 5.32 Å². The van der Waals surface area contributed by atoms with Crippen LogP contribution in [0.3, 0.4) is 0 Å². The lowest BCUT2D eigenvalue weighted by molar-refractivity contribution is -0.143. The van der Waals surface area contributed by atoms with E-state index in [1.165, 1.54) is 7.11 Å². The van der Waals surface area contributed by atoms with Crippen molar-refractivity contribution < 1.29 is 24.2 Å². The summed E-state index contributed by atoms with van der Waals surface area (Å²) in [5.74, 6) is -0.865. The first-order valence-corrected chi connectivity index (χ1v) is 6.40. The zero-order valence-corrected chi connectivity index (χ0v) is 11.2. The number of methoxy groups -OCH3 is 1. The summed E-state index contributed by atoms with van der Waals surface area (Å²) in [4.78, 5) is 23.3. The summed E-state index contributed by atoms with van der Waals surface area (Å²) in [5, 5.41) is 11.8. The third kappa shape index (κ3) is 3.27. The third-order valence-corrected chi connectivity index (χ3v) is 3.20. The van der Waals surface area contributed by atoms with Crippen molar-refractivity contribution in [2.24, 2.45) is 0 Å². The fourth-order valence-corrected chi connectivity index (χ4v) is 2.10. The second kappa shape index (κ2) is 6.38. The van der Waals surface area contributed by atoms with Crippen LogP contribution in [0.5, 0.6) is 5.75 Å². The van der Waals surface area contributed by atoms with Crippen molar-refractivity contribution >= 4 is 11.9 Å². The minimum atomic E-state index is -1.11. The van der Waals surface area contributed by atoms with E-state index in [-0.39, 0.29) is 5.91 Å². The van der Waals surface area contributed by atoms with E-state index in [0.717, 1.165) is 6.42 Å². The van der Waals surface area contributed by atoms with Gasteiger partial charge in [0.1, 0.15) is 11.9 Å². The van der Waals surface area contributed by atoms with Gasteiger partial charge in [0.25, 0.3) is 0 Å². The zero-order chi connectivity index (χ0) is 14.5. The third-order valence-electron chi connectivity index (χ3n) is 3.20. The molecule has 1 amide bonds. The topological polar surface area (TPSA) is 84.9 Å². The Balaban J connectivity index is 2.09. The number of benzene rings is 1. The van der Waals surface area contributed by atoms with E-state index >= 15 is 0 Å². The van der Waals surface area contributed by atoms with Crippen molar-refractivity contribution in [3.05, 3.63) is 29.8 Å². The summed E-state index contributed by atoms with van der Waals surface area (Å²) < 4.78 is 10.3. The highest BCUT2D eigenvalue weighted by Gasteiger charge is 2.29. The molecule has 1 heterocycles. The number of nitrogens with one attached hydrogen (secondary N) is 1. The number of hydrogen-bond donors (Lipinski definition) is 2. The number of aliphatic carboxylic acids is 1. The maximum Gasteiger partial charge on any atom is 0.330 e. The summed E-state index contributed by atoms with van der Waals surface area (Å²) in [6.07, 6.45) is 0.897. The van der Waals surface area contributed by atoms with E-state index in [9.17, 15) is 14.7 Å². The van der Waals surface area contributed by atoms with Gasteiger partial charge in [0, 0.05) is 6.61 Å². The van der Waals surface area contributed by atoms with Crippen molar-refractivity contribution in [2.45, 2.75) is 25.0 Å². The maximum absolute atomic E-state index is 11.9. The predicted molar refractivity (Wildman–Crippen MR) is 70.5 cm³/mol. The van der Waals surface area contributed by atoms with E-state index in [0.29, 0.717) is 24.3 Å². The molecule has 1 aromatic carbocycles. The van der Waals surface area contributed by atoms with Crippen LogP contribution in [0, 0.1) is 0 Å². The van der Waals surface area contributed by atoms with Gasteiger partial charge in [-0.1, -0.05) is 12.1 Å². The highest BCUT2D eigenvalue weighted by atomic mass is 16.5. The molecule has 2 N–H and O–H groups in total. The van der Waals surface area contributed by atoms with Crippen LogP contribution >= 0.6 is 0 Å². The summed E-state index contributed by atoms with van der Waals surface area (Å²) in [7, 11) is 1.53. The van der Waals surface area contributed by atoms with Crippen molar-refractivity contribution in [1.29, 1.82) is 0 Å². The molecule has 0 aliphatic carbocycles. The fourth-order valence-electron chi connectivity index (χ4n) is 2.10. The molecule has 1 aliphatic rings.